The highest BCUT2D eigenvalue weighted by atomic mass is 16.4. The van der Waals surface area contributed by atoms with Crippen LogP contribution in [-0.4, -0.2) is 22.6 Å². The molecule has 0 amide bonds. The van der Waals surface area contributed by atoms with E-state index in [1.807, 2.05) is 12.1 Å². The van der Waals surface area contributed by atoms with Gasteiger partial charge in [0.1, 0.15) is 0 Å². The number of carbonyl (C=O) groups is 3. The molecule has 1 rings (SSSR count). The van der Waals surface area contributed by atoms with Crippen molar-refractivity contribution in [3.63, 3.8) is 0 Å². The number of aliphatic carboxylic acids is 1. The number of Topliss-reactive ketones (excluding diaryl/α,β-unsaturated/α-hetero) is 2. The summed E-state index contributed by atoms with van der Waals surface area (Å²) in [5.74, 6) is -3.10. The van der Waals surface area contributed by atoms with Crippen LogP contribution in [0.3, 0.4) is 0 Å². The topological polar surface area (TPSA) is 71.4 Å². The molecule has 0 aliphatic rings. The van der Waals surface area contributed by atoms with Gasteiger partial charge in [0.2, 0.25) is 5.78 Å². The molecule has 0 radical (unpaired) electrons. The van der Waals surface area contributed by atoms with E-state index in [1.165, 1.54) is 0 Å². The number of carboxylic acids is 1. The van der Waals surface area contributed by atoms with Gasteiger partial charge in [0.05, 0.1) is 6.42 Å². The lowest BCUT2D eigenvalue weighted by Gasteiger charge is -2.01. The van der Waals surface area contributed by atoms with Crippen LogP contribution in [0, 0.1) is 0 Å². The van der Waals surface area contributed by atoms with Gasteiger partial charge in [-0.15, -0.1) is 0 Å². The Bertz CT molecular complexity index is 431. The van der Waals surface area contributed by atoms with Crippen molar-refractivity contribution in [2.24, 2.45) is 0 Å². The SMILES string of the molecule is CCCc1ccc(C(=O)CC(=O)C(=O)O)cc1. The summed E-state index contributed by atoms with van der Waals surface area (Å²) >= 11 is 0. The Morgan fingerprint density at radius 1 is 1.12 bits per heavy atom. The lowest BCUT2D eigenvalue weighted by atomic mass is 10.0. The predicted octanol–water partition coefficient (Wildman–Crippen LogP) is 1.87. The third-order valence-corrected chi connectivity index (χ3v) is 2.37. The first kappa shape index (κ1) is 13.1. The minimum Gasteiger partial charge on any atom is -0.475 e. The third kappa shape index (κ3) is 3.83. The molecule has 1 N–H and O–H groups in total. The van der Waals surface area contributed by atoms with Crippen molar-refractivity contribution in [2.45, 2.75) is 26.2 Å². The van der Waals surface area contributed by atoms with E-state index in [-0.39, 0.29) is 0 Å². The Balaban J connectivity index is 2.70. The van der Waals surface area contributed by atoms with Crippen LogP contribution in [0.25, 0.3) is 0 Å². The van der Waals surface area contributed by atoms with Crippen molar-refractivity contribution in [2.75, 3.05) is 0 Å². The van der Waals surface area contributed by atoms with Crippen LogP contribution in [-0.2, 0) is 16.0 Å². The van der Waals surface area contributed by atoms with E-state index in [4.69, 9.17) is 5.11 Å². The van der Waals surface area contributed by atoms with Crippen LogP contribution >= 0.6 is 0 Å². The molecule has 0 spiro atoms. The summed E-state index contributed by atoms with van der Waals surface area (Å²) in [4.78, 5) is 32.7. The summed E-state index contributed by atoms with van der Waals surface area (Å²) in [6.45, 7) is 2.06. The molecule has 0 saturated carbocycles. The van der Waals surface area contributed by atoms with E-state index in [1.54, 1.807) is 12.1 Å². The Kier molecular flexibility index (Phi) is 4.57. The minimum absolute atomic E-state index is 0.374. The molecule has 0 bridgehead atoms. The van der Waals surface area contributed by atoms with Gasteiger partial charge >= 0.3 is 5.97 Å². The van der Waals surface area contributed by atoms with Crippen LogP contribution in [0.4, 0.5) is 0 Å². The molecule has 0 heterocycles. The third-order valence-electron chi connectivity index (χ3n) is 2.37. The second-order valence-corrected chi connectivity index (χ2v) is 3.78. The van der Waals surface area contributed by atoms with E-state index < -0.39 is 24.0 Å². The van der Waals surface area contributed by atoms with Crippen LogP contribution in [0.1, 0.15) is 35.7 Å². The molecule has 0 aromatic heterocycles. The fourth-order valence-electron chi connectivity index (χ4n) is 1.47. The fourth-order valence-corrected chi connectivity index (χ4v) is 1.47. The van der Waals surface area contributed by atoms with Gasteiger partial charge in [0.25, 0.3) is 0 Å². The molecule has 4 heteroatoms. The molecule has 0 saturated heterocycles. The molecular formula is C13H14O4. The van der Waals surface area contributed by atoms with Gasteiger partial charge in [-0.25, -0.2) is 4.79 Å². The second kappa shape index (κ2) is 5.94. The zero-order valence-corrected chi connectivity index (χ0v) is 9.60. The zero-order valence-electron chi connectivity index (χ0n) is 9.60. The summed E-state index contributed by atoms with van der Waals surface area (Å²) in [5, 5.41) is 8.39. The van der Waals surface area contributed by atoms with Gasteiger partial charge in [0, 0.05) is 5.56 Å². The number of ketones is 2. The number of hydrogen-bond donors (Lipinski definition) is 1. The van der Waals surface area contributed by atoms with Crippen molar-refractivity contribution < 1.29 is 19.5 Å². The molecule has 0 fully saturated rings. The predicted molar refractivity (Wildman–Crippen MR) is 62.0 cm³/mol. The van der Waals surface area contributed by atoms with Gasteiger partial charge in [0.15, 0.2) is 5.78 Å². The normalized spacial score (nSPS) is 9.94. The minimum atomic E-state index is -1.57. The van der Waals surface area contributed by atoms with Crippen molar-refractivity contribution in [3.05, 3.63) is 35.4 Å². The molecule has 0 atom stereocenters. The Hall–Kier alpha value is -1.97. The van der Waals surface area contributed by atoms with E-state index >= 15 is 0 Å². The first-order valence-corrected chi connectivity index (χ1v) is 5.43. The van der Waals surface area contributed by atoms with Crippen molar-refractivity contribution in [3.8, 4) is 0 Å². The summed E-state index contributed by atoms with van der Waals surface area (Å²) in [5.41, 5.74) is 1.49. The Labute approximate surface area is 99.3 Å². The largest absolute Gasteiger partial charge is 0.475 e. The number of hydrogen-bond acceptors (Lipinski definition) is 3. The number of rotatable bonds is 6. The molecule has 90 valence electrons. The molecule has 0 aliphatic heterocycles. The lowest BCUT2D eigenvalue weighted by molar-refractivity contribution is -0.148. The lowest BCUT2D eigenvalue weighted by Crippen LogP contribution is -2.17. The monoisotopic (exact) mass is 234 g/mol. The molecule has 1 aromatic carbocycles. The van der Waals surface area contributed by atoms with Gasteiger partial charge in [-0.05, 0) is 12.0 Å². The second-order valence-electron chi connectivity index (χ2n) is 3.78. The van der Waals surface area contributed by atoms with E-state index in [9.17, 15) is 14.4 Å². The molecule has 17 heavy (non-hydrogen) atoms. The molecule has 1 aromatic rings. The Morgan fingerprint density at radius 3 is 2.18 bits per heavy atom. The quantitative estimate of drug-likeness (QED) is 0.463. The Morgan fingerprint density at radius 2 is 1.71 bits per heavy atom. The van der Waals surface area contributed by atoms with Crippen LogP contribution in [0.2, 0.25) is 0 Å². The molecular weight excluding hydrogens is 220 g/mol. The van der Waals surface area contributed by atoms with Crippen molar-refractivity contribution in [1.82, 2.24) is 0 Å². The summed E-state index contributed by atoms with van der Waals surface area (Å²) < 4.78 is 0. The maximum Gasteiger partial charge on any atom is 0.372 e. The summed E-state index contributed by atoms with van der Waals surface area (Å²) in [6.07, 6.45) is 1.37. The van der Waals surface area contributed by atoms with Crippen molar-refractivity contribution >= 4 is 17.5 Å². The van der Waals surface area contributed by atoms with E-state index in [0.717, 1.165) is 18.4 Å². The first-order chi connectivity index (χ1) is 8.04. The van der Waals surface area contributed by atoms with Crippen molar-refractivity contribution in [1.29, 1.82) is 0 Å². The summed E-state index contributed by atoms with van der Waals surface area (Å²) in [7, 11) is 0. The van der Waals surface area contributed by atoms with Crippen LogP contribution in [0.5, 0.6) is 0 Å². The van der Waals surface area contributed by atoms with Gasteiger partial charge < -0.3 is 5.11 Å². The number of aryl methyl sites for hydroxylation is 1. The number of carbonyl (C=O) groups excluding carboxylic acids is 2. The van der Waals surface area contributed by atoms with Gasteiger partial charge in [-0.1, -0.05) is 37.6 Å². The van der Waals surface area contributed by atoms with Crippen LogP contribution in [0.15, 0.2) is 24.3 Å². The standard InChI is InChI=1S/C13H14O4/c1-2-3-9-4-6-10(7-5-9)11(14)8-12(15)13(16)17/h4-7H,2-3,8H2,1H3,(H,16,17). The molecule has 4 nitrogen and oxygen atoms in total. The first-order valence-electron chi connectivity index (χ1n) is 5.43. The fraction of sp³-hybridized carbons (Fsp3) is 0.308. The highest BCUT2D eigenvalue weighted by Crippen LogP contribution is 2.09. The highest BCUT2D eigenvalue weighted by molar-refractivity contribution is 6.37. The van der Waals surface area contributed by atoms with E-state index in [2.05, 4.69) is 6.92 Å². The van der Waals surface area contributed by atoms with Gasteiger partial charge in [-0.2, -0.15) is 0 Å². The average Bonchev–Trinajstić information content (AvgIpc) is 2.30. The number of carboxylic acid groups (broad SMARTS) is 1. The van der Waals surface area contributed by atoms with E-state index in [0.29, 0.717) is 5.56 Å². The number of benzene rings is 1. The zero-order chi connectivity index (χ0) is 12.8. The molecule has 0 unspecified atom stereocenters. The smallest absolute Gasteiger partial charge is 0.372 e. The average molecular weight is 234 g/mol. The maximum absolute atomic E-state index is 11.5. The highest BCUT2D eigenvalue weighted by Gasteiger charge is 2.17. The maximum atomic E-state index is 11.5. The summed E-state index contributed by atoms with van der Waals surface area (Å²) in [6, 6.07) is 6.90. The molecule has 0 aliphatic carbocycles. The van der Waals surface area contributed by atoms with Crippen LogP contribution < -0.4 is 0 Å². The van der Waals surface area contributed by atoms with Gasteiger partial charge in [-0.3, -0.25) is 9.59 Å².